The molecule has 1 heterocycles. The van der Waals surface area contributed by atoms with Crippen molar-refractivity contribution in [3.63, 3.8) is 0 Å². The zero-order chi connectivity index (χ0) is 13.0. The average Bonchev–Trinajstić information content (AvgIpc) is 2.41. The molecule has 2 amide bonds. The fourth-order valence-electron chi connectivity index (χ4n) is 2.44. The lowest BCUT2D eigenvalue weighted by Crippen LogP contribution is -2.45. The first-order valence-corrected chi connectivity index (χ1v) is 7.34. The minimum atomic E-state index is 0.0217. The van der Waals surface area contributed by atoms with E-state index in [1.54, 1.807) is 0 Å². The van der Waals surface area contributed by atoms with Crippen LogP contribution in [0.4, 0.5) is 10.5 Å². The first kappa shape index (κ1) is 13.4. The number of rotatable bonds is 2. The van der Waals surface area contributed by atoms with Crippen LogP contribution in [0.25, 0.3) is 0 Å². The van der Waals surface area contributed by atoms with E-state index in [-0.39, 0.29) is 6.03 Å². The number of hydrogen-bond acceptors (Lipinski definition) is 1. The van der Waals surface area contributed by atoms with E-state index < -0.39 is 0 Å². The maximum atomic E-state index is 12.3. The summed E-state index contributed by atoms with van der Waals surface area (Å²) in [6.45, 7) is 3.02. The summed E-state index contributed by atoms with van der Waals surface area (Å²) in [7, 11) is 0. The molecule has 1 aromatic carbocycles. The third kappa shape index (κ3) is 3.05. The average molecular weight is 311 g/mol. The maximum Gasteiger partial charge on any atom is 0.322 e. The lowest BCUT2D eigenvalue weighted by Gasteiger charge is -2.35. The number of hydrogen-bond donors (Lipinski definition) is 1. The van der Waals surface area contributed by atoms with Crippen molar-refractivity contribution in [2.75, 3.05) is 11.9 Å². The monoisotopic (exact) mass is 310 g/mol. The predicted octanol–water partition coefficient (Wildman–Crippen LogP) is 4.25. The predicted molar refractivity (Wildman–Crippen MR) is 77.8 cm³/mol. The molecule has 98 valence electrons. The van der Waals surface area contributed by atoms with Crippen molar-refractivity contribution in [2.45, 2.75) is 38.6 Å². The van der Waals surface area contributed by atoms with Crippen LogP contribution in [-0.2, 0) is 0 Å². The first-order chi connectivity index (χ1) is 8.72. The van der Waals surface area contributed by atoms with E-state index in [9.17, 15) is 4.79 Å². The van der Waals surface area contributed by atoms with Crippen molar-refractivity contribution < 1.29 is 4.79 Å². The van der Waals surface area contributed by atoms with E-state index in [1.165, 1.54) is 6.42 Å². The molecule has 1 aliphatic rings. The Morgan fingerprint density at radius 2 is 2.22 bits per heavy atom. The number of halogens is 1. The smallest absolute Gasteiger partial charge is 0.322 e. The van der Waals surface area contributed by atoms with Gasteiger partial charge in [0.2, 0.25) is 0 Å². The van der Waals surface area contributed by atoms with Crippen LogP contribution in [0.1, 0.15) is 32.6 Å². The van der Waals surface area contributed by atoms with E-state index in [0.717, 1.165) is 36.0 Å². The SMILES string of the molecule is CC[C@@H]1CCCCN1C(=O)Nc1ccccc1Br. The number of nitrogens with zero attached hydrogens (tertiary/aromatic N) is 1. The summed E-state index contributed by atoms with van der Waals surface area (Å²) >= 11 is 3.45. The summed E-state index contributed by atoms with van der Waals surface area (Å²) in [5, 5.41) is 2.98. The van der Waals surface area contributed by atoms with Gasteiger partial charge in [-0.15, -0.1) is 0 Å². The summed E-state index contributed by atoms with van der Waals surface area (Å²) in [4.78, 5) is 14.3. The number of carbonyl (C=O) groups is 1. The zero-order valence-corrected chi connectivity index (χ0v) is 12.2. The normalized spacial score (nSPS) is 19.7. The number of nitrogens with one attached hydrogen (secondary N) is 1. The molecule has 3 nitrogen and oxygen atoms in total. The second-order valence-corrected chi connectivity index (χ2v) is 5.52. The van der Waals surface area contributed by atoms with Crippen molar-refractivity contribution in [1.82, 2.24) is 4.90 Å². The lowest BCUT2D eigenvalue weighted by atomic mass is 10.0. The van der Waals surface area contributed by atoms with Gasteiger partial charge < -0.3 is 10.2 Å². The number of benzene rings is 1. The van der Waals surface area contributed by atoms with Crippen LogP contribution in [0.2, 0.25) is 0 Å². The molecule has 0 aromatic heterocycles. The molecule has 1 fully saturated rings. The summed E-state index contributed by atoms with van der Waals surface area (Å²) < 4.78 is 0.920. The quantitative estimate of drug-likeness (QED) is 0.870. The number of para-hydroxylation sites is 1. The Balaban J connectivity index is 2.05. The second kappa shape index (κ2) is 6.23. The highest BCUT2D eigenvalue weighted by Gasteiger charge is 2.25. The van der Waals surface area contributed by atoms with E-state index in [4.69, 9.17) is 0 Å². The zero-order valence-electron chi connectivity index (χ0n) is 10.7. The molecule has 1 atom stereocenters. The number of urea groups is 1. The van der Waals surface area contributed by atoms with E-state index in [1.807, 2.05) is 29.2 Å². The Kier molecular flexibility index (Phi) is 4.64. The first-order valence-electron chi connectivity index (χ1n) is 6.54. The van der Waals surface area contributed by atoms with Crippen molar-refractivity contribution in [3.8, 4) is 0 Å². The molecule has 1 aromatic rings. The summed E-state index contributed by atoms with van der Waals surface area (Å²) in [6.07, 6.45) is 4.50. The second-order valence-electron chi connectivity index (χ2n) is 4.66. The van der Waals surface area contributed by atoms with Crippen LogP contribution < -0.4 is 5.32 Å². The molecule has 0 spiro atoms. The minimum absolute atomic E-state index is 0.0217. The molecule has 0 aliphatic carbocycles. The van der Waals surface area contributed by atoms with Crippen LogP contribution in [0.15, 0.2) is 28.7 Å². The molecule has 4 heteroatoms. The molecule has 2 rings (SSSR count). The number of piperidine rings is 1. The molecule has 18 heavy (non-hydrogen) atoms. The molecule has 0 saturated carbocycles. The van der Waals surface area contributed by atoms with Crippen LogP contribution in [0, 0.1) is 0 Å². The van der Waals surface area contributed by atoms with Gasteiger partial charge in [-0.2, -0.15) is 0 Å². The summed E-state index contributed by atoms with van der Waals surface area (Å²) in [6, 6.07) is 8.12. The number of anilines is 1. The van der Waals surface area contributed by atoms with E-state index in [2.05, 4.69) is 28.2 Å². The van der Waals surface area contributed by atoms with Crippen LogP contribution in [0.5, 0.6) is 0 Å². The summed E-state index contributed by atoms with van der Waals surface area (Å²) in [5.41, 5.74) is 0.836. The molecule has 0 bridgehead atoms. The Bertz CT molecular complexity index is 422. The largest absolute Gasteiger partial charge is 0.322 e. The van der Waals surface area contributed by atoms with Crippen LogP contribution >= 0.6 is 15.9 Å². The fourth-order valence-corrected chi connectivity index (χ4v) is 2.83. The third-order valence-electron chi connectivity index (χ3n) is 3.47. The number of likely N-dealkylation sites (tertiary alicyclic amines) is 1. The van der Waals surface area contributed by atoms with E-state index in [0.29, 0.717) is 6.04 Å². The summed E-state index contributed by atoms with van der Waals surface area (Å²) in [5.74, 6) is 0. The minimum Gasteiger partial charge on any atom is -0.322 e. The highest BCUT2D eigenvalue weighted by Crippen LogP contribution is 2.24. The fraction of sp³-hybridized carbons (Fsp3) is 0.500. The molecule has 1 saturated heterocycles. The Labute approximate surface area is 117 Å². The Morgan fingerprint density at radius 3 is 2.94 bits per heavy atom. The molecule has 0 unspecified atom stereocenters. The molecule has 1 aliphatic heterocycles. The highest BCUT2D eigenvalue weighted by atomic mass is 79.9. The van der Waals surface area contributed by atoms with Gasteiger partial charge in [0.1, 0.15) is 0 Å². The van der Waals surface area contributed by atoms with Gasteiger partial charge in [-0.25, -0.2) is 4.79 Å². The van der Waals surface area contributed by atoms with Crippen LogP contribution in [-0.4, -0.2) is 23.5 Å². The van der Waals surface area contributed by atoms with Gasteiger partial charge in [0, 0.05) is 17.1 Å². The Morgan fingerprint density at radius 1 is 1.44 bits per heavy atom. The third-order valence-corrected chi connectivity index (χ3v) is 4.17. The van der Waals surface area contributed by atoms with Gasteiger partial charge in [0.15, 0.2) is 0 Å². The van der Waals surface area contributed by atoms with Crippen LogP contribution in [0.3, 0.4) is 0 Å². The molecule has 1 N–H and O–H groups in total. The van der Waals surface area contributed by atoms with Crippen molar-refractivity contribution in [2.24, 2.45) is 0 Å². The van der Waals surface area contributed by atoms with Gasteiger partial charge in [0.25, 0.3) is 0 Å². The van der Waals surface area contributed by atoms with Gasteiger partial charge in [-0.05, 0) is 53.7 Å². The number of carbonyl (C=O) groups excluding carboxylic acids is 1. The van der Waals surface area contributed by atoms with E-state index >= 15 is 0 Å². The van der Waals surface area contributed by atoms with Crippen molar-refractivity contribution in [3.05, 3.63) is 28.7 Å². The van der Waals surface area contributed by atoms with Gasteiger partial charge in [-0.1, -0.05) is 19.1 Å². The van der Waals surface area contributed by atoms with Gasteiger partial charge in [0.05, 0.1) is 5.69 Å². The molecular weight excluding hydrogens is 292 g/mol. The standard InChI is InChI=1S/C14H19BrN2O/c1-2-11-7-5-6-10-17(11)14(18)16-13-9-4-3-8-12(13)15/h3-4,8-9,11H,2,5-7,10H2,1H3,(H,16,18)/t11-/m1/s1. The van der Waals surface area contributed by atoms with Gasteiger partial charge in [-0.3, -0.25) is 0 Å². The molecular formula is C14H19BrN2O. The topological polar surface area (TPSA) is 32.3 Å². The molecule has 0 radical (unpaired) electrons. The maximum absolute atomic E-state index is 12.3. The number of amides is 2. The lowest BCUT2D eigenvalue weighted by molar-refractivity contribution is 0.160. The van der Waals surface area contributed by atoms with Crippen molar-refractivity contribution in [1.29, 1.82) is 0 Å². The highest BCUT2D eigenvalue weighted by molar-refractivity contribution is 9.10. The van der Waals surface area contributed by atoms with Crippen molar-refractivity contribution >= 4 is 27.6 Å². The Hall–Kier alpha value is -1.03. The van der Waals surface area contributed by atoms with Gasteiger partial charge >= 0.3 is 6.03 Å².